The van der Waals surface area contributed by atoms with Crippen LogP contribution in [-0.2, 0) is 6.54 Å². The van der Waals surface area contributed by atoms with Gasteiger partial charge in [0.15, 0.2) is 0 Å². The summed E-state index contributed by atoms with van der Waals surface area (Å²) in [6.45, 7) is 2.37. The Morgan fingerprint density at radius 2 is 2.14 bits per heavy atom. The number of nitrogens with one attached hydrogen (secondary N) is 2. The van der Waals surface area contributed by atoms with Crippen LogP contribution in [0.4, 0.5) is 4.79 Å². The van der Waals surface area contributed by atoms with Gasteiger partial charge in [-0.25, -0.2) is 9.59 Å². The van der Waals surface area contributed by atoms with Crippen molar-refractivity contribution in [3.05, 3.63) is 29.6 Å². The van der Waals surface area contributed by atoms with Crippen molar-refractivity contribution >= 4 is 12.0 Å². The van der Waals surface area contributed by atoms with Crippen molar-refractivity contribution in [1.29, 1.82) is 0 Å². The second-order valence-corrected chi connectivity index (χ2v) is 5.54. The van der Waals surface area contributed by atoms with Crippen LogP contribution < -0.4 is 10.6 Å². The molecule has 21 heavy (non-hydrogen) atoms. The summed E-state index contributed by atoms with van der Waals surface area (Å²) in [6, 6.07) is 2.88. The number of aromatic carboxylic acids is 1. The largest absolute Gasteiger partial charge is 0.478 e. The van der Waals surface area contributed by atoms with Crippen molar-refractivity contribution in [2.75, 3.05) is 0 Å². The SMILES string of the molecule is CC1CCCCC1NC(=O)NCc1cc(C(=O)O)ccn1. The van der Waals surface area contributed by atoms with Crippen molar-refractivity contribution in [2.24, 2.45) is 5.92 Å². The molecule has 0 spiro atoms. The molecular formula is C15H21N3O3. The van der Waals surface area contributed by atoms with Crippen LogP contribution in [-0.4, -0.2) is 28.1 Å². The zero-order valence-corrected chi connectivity index (χ0v) is 12.1. The topological polar surface area (TPSA) is 91.3 Å². The maximum absolute atomic E-state index is 11.9. The molecule has 0 aliphatic heterocycles. The van der Waals surface area contributed by atoms with Gasteiger partial charge in [0.05, 0.1) is 17.8 Å². The van der Waals surface area contributed by atoms with Crippen LogP contribution in [0.15, 0.2) is 18.3 Å². The number of amides is 2. The van der Waals surface area contributed by atoms with Crippen LogP contribution in [0.1, 0.15) is 48.7 Å². The summed E-state index contributed by atoms with van der Waals surface area (Å²) in [5.41, 5.74) is 0.699. The van der Waals surface area contributed by atoms with E-state index in [1.165, 1.54) is 24.8 Å². The third-order valence-electron chi connectivity index (χ3n) is 3.92. The summed E-state index contributed by atoms with van der Waals surface area (Å²) >= 11 is 0. The van der Waals surface area contributed by atoms with Crippen molar-refractivity contribution in [2.45, 2.75) is 45.2 Å². The highest BCUT2D eigenvalue weighted by atomic mass is 16.4. The standard InChI is InChI=1S/C15H21N3O3/c1-10-4-2-3-5-13(10)18-15(21)17-9-12-8-11(14(19)20)6-7-16-12/h6-8,10,13H,2-5,9H2,1H3,(H,19,20)(H2,17,18,21). The fourth-order valence-electron chi connectivity index (χ4n) is 2.63. The molecule has 6 heteroatoms. The lowest BCUT2D eigenvalue weighted by atomic mass is 9.86. The van der Waals surface area contributed by atoms with Gasteiger partial charge in [0.1, 0.15) is 0 Å². The second-order valence-electron chi connectivity index (χ2n) is 5.54. The number of hydrogen-bond donors (Lipinski definition) is 3. The van der Waals surface area contributed by atoms with Gasteiger partial charge >= 0.3 is 12.0 Å². The summed E-state index contributed by atoms with van der Waals surface area (Å²) in [4.78, 5) is 26.8. The number of nitrogens with zero attached hydrogens (tertiary/aromatic N) is 1. The van der Waals surface area contributed by atoms with E-state index >= 15 is 0 Å². The highest BCUT2D eigenvalue weighted by Crippen LogP contribution is 2.23. The number of pyridine rings is 1. The normalized spacial score (nSPS) is 21.6. The van der Waals surface area contributed by atoms with E-state index in [1.807, 2.05) is 0 Å². The van der Waals surface area contributed by atoms with Gasteiger partial charge in [-0.2, -0.15) is 0 Å². The molecule has 3 N–H and O–H groups in total. The highest BCUT2D eigenvalue weighted by Gasteiger charge is 2.22. The van der Waals surface area contributed by atoms with Gasteiger partial charge in [-0.05, 0) is 30.9 Å². The zero-order valence-electron chi connectivity index (χ0n) is 12.1. The molecule has 1 fully saturated rings. The Morgan fingerprint density at radius 3 is 2.86 bits per heavy atom. The molecule has 2 amide bonds. The van der Waals surface area contributed by atoms with E-state index in [2.05, 4.69) is 22.5 Å². The van der Waals surface area contributed by atoms with E-state index in [4.69, 9.17) is 5.11 Å². The number of carbonyl (C=O) groups excluding carboxylic acids is 1. The Labute approximate surface area is 124 Å². The molecule has 2 unspecified atom stereocenters. The Hall–Kier alpha value is -2.11. The predicted molar refractivity (Wildman–Crippen MR) is 78.0 cm³/mol. The third-order valence-corrected chi connectivity index (χ3v) is 3.92. The molecule has 0 radical (unpaired) electrons. The molecule has 1 aliphatic rings. The first-order chi connectivity index (χ1) is 10.1. The van der Waals surface area contributed by atoms with Crippen molar-refractivity contribution < 1.29 is 14.7 Å². The average molecular weight is 291 g/mol. The van der Waals surface area contributed by atoms with Gasteiger partial charge in [-0.1, -0.05) is 19.8 Å². The van der Waals surface area contributed by atoms with E-state index in [1.54, 1.807) is 0 Å². The minimum absolute atomic E-state index is 0.170. The summed E-state index contributed by atoms with van der Waals surface area (Å²) in [7, 11) is 0. The lowest BCUT2D eigenvalue weighted by Gasteiger charge is -2.29. The number of urea groups is 1. The van der Waals surface area contributed by atoms with Crippen LogP contribution in [0.5, 0.6) is 0 Å². The number of rotatable bonds is 4. The van der Waals surface area contributed by atoms with Gasteiger partial charge in [-0.15, -0.1) is 0 Å². The number of carboxylic acids is 1. The van der Waals surface area contributed by atoms with Crippen LogP contribution in [0.3, 0.4) is 0 Å². The monoisotopic (exact) mass is 291 g/mol. The molecule has 1 aromatic rings. The lowest BCUT2D eigenvalue weighted by molar-refractivity contribution is 0.0696. The number of carbonyl (C=O) groups is 2. The molecule has 1 heterocycles. The molecule has 2 rings (SSSR count). The summed E-state index contributed by atoms with van der Waals surface area (Å²) in [5.74, 6) is -0.503. The van der Waals surface area contributed by atoms with Gasteiger partial charge in [0.25, 0.3) is 0 Å². The maximum Gasteiger partial charge on any atom is 0.335 e. The van der Waals surface area contributed by atoms with Gasteiger partial charge in [0.2, 0.25) is 0 Å². The van der Waals surface area contributed by atoms with Gasteiger partial charge in [0, 0.05) is 12.2 Å². The molecular weight excluding hydrogens is 270 g/mol. The van der Waals surface area contributed by atoms with Crippen LogP contribution in [0.25, 0.3) is 0 Å². The molecule has 6 nitrogen and oxygen atoms in total. The Bertz CT molecular complexity index is 519. The first-order valence-corrected chi connectivity index (χ1v) is 7.29. The van der Waals surface area contributed by atoms with Crippen LogP contribution in [0.2, 0.25) is 0 Å². The molecule has 0 bridgehead atoms. The Morgan fingerprint density at radius 1 is 1.38 bits per heavy atom. The Balaban J connectivity index is 1.83. The number of aromatic nitrogens is 1. The van der Waals surface area contributed by atoms with Crippen molar-refractivity contribution in [1.82, 2.24) is 15.6 Å². The Kier molecular flexibility index (Phi) is 5.14. The van der Waals surface area contributed by atoms with Crippen molar-refractivity contribution in [3.63, 3.8) is 0 Å². The first-order valence-electron chi connectivity index (χ1n) is 7.29. The second kappa shape index (κ2) is 7.06. The van der Waals surface area contributed by atoms with Gasteiger partial charge < -0.3 is 15.7 Å². The lowest BCUT2D eigenvalue weighted by Crippen LogP contribution is -2.45. The van der Waals surface area contributed by atoms with E-state index in [0.717, 1.165) is 19.3 Å². The van der Waals surface area contributed by atoms with E-state index in [0.29, 0.717) is 11.6 Å². The number of carboxylic acid groups (broad SMARTS) is 1. The maximum atomic E-state index is 11.9. The zero-order chi connectivity index (χ0) is 15.2. The van der Waals surface area contributed by atoms with E-state index in [9.17, 15) is 9.59 Å². The predicted octanol–water partition coefficient (Wildman–Crippen LogP) is 2.16. The minimum atomic E-state index is -1.00. The quantitative estimate of drug-likeness (QED) is 0.792. The van der Waals surface area contributed by atoms with E-state index < -0.39 is 5.97 Å². The molecule has 1 aromatic heterocycles. The molecule has 1 saturated carbocycles. The van der Waals surface area contributed by atoms with Crippen LogP contribution >= 0.6 is 0 Å². The fourth-order valence-corrected chi connectivity index (χ4v) is 2.63. The number of hydrogen-bond acceptors (Lipinski definition) is 3. The summed E-state index contributed by atoms with van der Waals surface area (Å²) in [6.07, 6.45) is 5.97. The van der Waals surface area contributed by atoms with E-state index in [-0.39, 0.29) is 24.2 Å². The third kappa shape index (κ3) is 4.44. The first kappa shape index (κ1) is 15.3. The fraction of sp³-hybridized carbons (Fsp3) is 0.533. The molecule has 0 saturated heterocycles. The average Bonchev–Trinajstić information content (AvgIpc) is 2.48. The molecule has 2 atom stereocenters. The molecule has 1 aliphatic carbocycles. The summed E-state index contributed by atoms with van der Waals surface area (Å²) in [5, 5.41) is 14.6. The smallest absolute Gasteiger partial charge is 0.335 e. The van der Waals surface area contributed by atoms with Crippen LogP contribution in [0, 0.1) is 5.92 Å². The summed E-state index contributed by atoms with van der Waals surface area (Å²) < 4.78 is 0. The minimum Gasteiger partial charge on any atom is -0.478 e. The van der Waals surface area contributed by atoms with Gasteiger partial charge in [-0.3, -0.25) is 4.98 Å². The molecule has 0 aromatic carbocycles. The highest BCUT2D eigenvalue weighted by molar-refractivity contribution is 5.87. The van der Waals surface area contributed by atoms with Crippen molar-refractivity contribution in [3.8, 4) is 0 Å². The molecule has 114 valence electrons.